The molecule has 0 aliphatic carbocycles. The summed E-state index contributed by atoms with van der Waals surface area (Å²) in [6, 6.07) is 0.144. The van der Waals surface area contributed by atoms with Crippen LogP contribution in [-0.4, -0.2) is 41.9 Å². The summed E-state index contributed by atoms with van der Waals surface area (Å²) in [6.45, 7) is 7.60. The first-order valence-corrected chi connectivity index (χ1v) is 5.86. The molecule has 0 saturated carbocycles. The minimum atomic E-state index is -0.437. The minimum Gasteiger partial charge on any atom is -0.382 e. The van der Waals surface area contributed by atoms with E-state index in [9.17, 15) is 0 Å². The highest BCUT2D eigenvalue weighted by Crippen LogP contribution is 2.17. The van der Waals surface area contributed by atoms with E-state index in [2.05, 4.69) is 10.3 Å². The van der Waals surface area contributed by atoms with Gasteiger partial charge in [-0.1, -0.05) is 5.21 Å². The van der Waals surface area contributed by atoms with E-state index in [0.717, 1.165) is 0 Å². The Hall–Kier alpha value is -0.980. The number of hydrogen-bond donors (Lipinski definition) is 0. The van der Waals surface area contributed by atoms with Gasteiger partial charge in [0.05, 0.1) is 18.8 Å². The highest BCUT2D eigenvalue weighted by Gasteiger charge is 2.17. The SMILES string of the molecule is CCOC(OCC)c1cn(C(C)COC)nn1. The van der Waals surface area contributed by atoms with Crippen LogP contribution in [0.15, 0.2) is 6.20 Å². The summed E-state index contributed by atoms with van der Waals surface area (Å²) in [5.74, 6) is 0. The van der Waals surface area contributed by atoms with Crippen molar-refractivity contribution in [3.8, 4) is 0 Å². The maximum absolute atomic E-state index is 5.45. The molecule has 17 heavy (non-hydrogen) atoms. The lowest BCUT2D eigenvalue weighted by Gasteiger charge is -2.13. The molecule has 1 heterocycles. The van der Waals surface area contributed by atoms with Gasteiger partial charge in [-0.05, 0) is 20.8 Å². The fourth-order valence-electron chi connectivity index (χ4n) is 1.45. The number of ether oxygens (including phenoxy) is 3. The van der Waals surface area contributed by atoms with Crippen molar-refractivity contribution in [3.05, 3.63) is 11.9 Å². The monoisotopic (exact) mass is 243 g/mol. The molecule has 6 nitrogen and oxygen atoms in total. The van der Waals surface area contributed by atoms with Crippen LogP contribution in [0.3, 0.4) is 0 Å². The van der Waals surface area contributed by atoms with Crippen molar-refractivity contribution < 1.29 is 14.2 Å². The summed E-state index contributed by atoms with van der Waals surface area (Å²) in [5.41, 5.74) is 0.691. The standard InChI is InChI=1S/C11H21N3O3/c1-5-16-11(17-6-2)10-7-14(13-12-10)9(3)8-15-4/h7,9,11H,5-6,8H2,1-4H3. The van der Waals surface area contributed by atoms with Crippen molar-refractivity contribution in [2.75, 3.05) is 26.9 Å². The van der Waals surface area contributed by atoms with Gasteiger partial charge in [0, 0.05) is 20.3 Å². The third-order valence-electron chi connectivity index (χ3n) is 2.27. The number of methoxy groups -OCH3 is 1. The molecule has 0 aliphatic heterocycles. The molecule has 1 aromatic heterocycles. The van der Waals surface area contributed by atoms with Crippen LogP contribution in [0, 0.1) is 0 Å². The molecule has 0 bridgehead atoms. The average molecular weight is 243 g/mol. The van der Waals surface area contributed by atoms with Crippen LogP contribution >= 0.6 is 0 Å². The summed E-state index contributed by atoms with van der Waals surface area (Å²) in [5, 5.41) is 8.11. The zero-order chi connectivity index (χ0) is 12.7. The van der Waals surface area contributed by atoms with E-state index in [-0.39, 0.29) is 6.04 Å². The maximum Gasteiger partial charge on any atom is 0.204 e. The second kappa shape index (κ2) is 7.37. The molecule has 1 rings (SSSR count). The Labute approximate surface area is 102 Å². The van der Waals surface area contributed by atoms with Gasteiger partial charge in [-0.3, -0.25) is 0 Å². The first-order valence-electron chi connectivity index (χ1n) is 5.86. The third kappa shape index (κ3) is 4.07. The van der Waals surface area contributed by atoms with Gasteiger partial charge in [0.2, 0.25) is 6.29 Å². The van der Waals surface area contributed by atoms with Crippen molar-refractivity contribution in [2.24, 2.45) is 0 Å². The fraction of sp³-hybridized carbons (Fsp3) is 0.818. The molecular formula is C11H21N3O3. The van der Waals surface area contributed by atoms with Crippen molar-refractivity contribution in [2.45, 2.75) is 33.1 Å². The molecule has 0 amide bonds. The quantitative estimate of drug-likeness (QED) is 0.648. The van der Waals surface area contributed by atoms with E-state index in [1.165, 1.54) is 0 Å². The molecule has 0 aliphatic rings. The van der Waals surface area contributed by atoms with Gasteiger partial charge in [0.15, 0.2) is 0 Å². The Balaban J connectivity index is 2.69. The lowest BCUT2D eigenvalue weighted by molar-refractivity contribution is -0.142. The number of rotatable bonds is 8. The molecule has 0 saturated heterocycles. The van der Waals surface area contributed by atoms with Crippen LogP contribution in [0.2, 0.25) is 0 Å². The number of nitrogens with zero attached hydrogens (tertiary/aromatic N) is 3. The van der Waals surface area contributed by atoms with Crippen molar-refractivity contribution in [3.63, 3.8) is 0 Å². The highest BCUT2D eigenvalue weighted by atomic mass is 16.7. The first kappa shape index (κ1) is 14.1. The van der Waals surface area contributed by atoms with Crippen molar-refractivity contribution in [1.29, 1.82) is 0 Å². The second-order valence-corrected chi connectivity index (χ2v) is 3.67. The van der Waals surface area contributed by atoms with E-state index in [1.807, 2.05) is 27.0 Å². The van der Waals surface area contributed by atoms with E-state index < -0.39 is 6.29 Å². The van der Waals surface area contributed by atoms with Gasteiger partial charge < -0.3 is 14.2 Å². The number of hydrogen-bond acceptors (Lipinski definition) is 5. The Bertz CT molecular complexity index is 311. The Morgan fingerprint density at radius 2 is 1.94 bits per heavy atom. The molecule has 0 N–H and O–H groups in total. The van der Waals surface area contributed by atoms with Gasteiger partial charge in [-0.15, -0.1) is 5.10 Å². The summed E-state index contributed by atoms with van der Waals surface area (Å²) < 4.78 is 17.7. The van der Waals surface area contributed by atoms with E-state index >= 15 is 0 Å². The van der Waals surface area contributed by atoms with Gasteiger partial charge in [-0.2, -0.15) is 0 Å². The predicted molar refractivity (Wildman–Crippen MR) is 62.6 cm³/mol. The van der Waals surface area contributed by atoms with Crippen LogP contribution in [0.25, 0.3) is 0 Å². The van der Waals surface area contributed by atoms with Crippen LogP contribution in [0.1, 0.15) is 38.8 Å². The topological polar surface area (TPSA) is 58.4 Å². The van der Waals surface area contributed by atoms with Crippen molar-refractivity contribution in [1.82, 2.24) is 15.0 Å². The van der Waals surface area contributed by atoms with Crippen molar-refractivity contribution >= 4 is 0 Å². The smallest absolute Gasteiger partial charge is 0.204 e. The Morgan fingerprint density at radius 3 is 2.47 bits per heavy atom. The minimum absolute atomic E-state index is 0.144. The molecule has 0 radical (unpaired) electrons. The van der Waals surface area contributed by atoms with Crippen LogP contribution < -0.4 is 0 Å². The van der Waals surface area contributed by atoms with Gasteiger partial charge in [0.25, 0.3) is 0 Å². The highest BCUT2D eigenvalue weighted by molar-refractivity contribution is 4.95. The lowest BCUT2D eigenvalue weighted by Crippen LogP contribution is -2.12. The normalized spacial score (nSPS) is 13.2. The van der Waals surface area contributed by atoms with E-state index in [1.54, 1.807) is 11.8 Å². The fourth-order valence-corrected chi connectivity index (χ4v) is 1.45. The first-order chi connectivity index (χ1) is 8.22. The van der Waals surface area contributed by atoms with Crippen LogP contribution in [0.4, 0.5) is 0 Å². The molecule has 98 valence electrons. The Morgan fingerprint density at radius 1 is 1.29 bits per heavy atom. The molecule has 0 aromatic carbocycles. The van der Waals surface area contributed by atoms with Gasteiger partial charge >= 0.3 is 0 Å². The van der Waals surface area contributed by atoms with Gasteiger partial charge in [0.1, 0.15) is 5.69 Å². The molecular weight excluding hydrogens is 222 g/mol. The molecule has 0 fully saturated rings. The van der Waals surface area contributed by atoms with Crippen LogP contribution in [-0.2, 0) is 14.2 Å². The largest absolute Gasteiger partial charge is 0.382 e. The zero-order valence-corrected chi connectivity index (χ0v) is 10.9. The third-order valence-corrected chi connectivity index (χ3v) is 2.27. The Kier molecular flexibility index (Phi) is 6.10. The van der Waals surface area contributed by atoms with E-state index in [0.29, 0.717) is 25.5 Å². The predicted octanol–water partition coefficient (Wildman–Crippen LogP) is 1.56. The zero-order valence-electron chi connectivity index (χ0n) is 10.9. The molecule has 0 spiro atoms. The van der Waals surface area contributed by atoms with Crippen LogP contribution in [0.5, 0.6) is 0 Å². The molecule has 1 unspecified atom stereocenters. The molecule has 6 heteroatoms. The summed E-state index contributed by atoms with van der Waals surface area (Å²) in [4.78, 5) is 0. The molecule has 1 atom stereocenters. The summed E-state index contributed by atoms with van der Waals surface area (Å²) in [6.07, 6.45) is 1.40. The average Bonchev–Trinajstić information content (AvgIpc) is 2.78. The van der Waals surface area contributed by atoms with Gasteiger partial charge in [-0.25, -0.2) is 4.68 Å². The van der Waals surface area contributed by atoms with E-state index in [4.69, 9.17) is 14.2 Å². The number of aromatic nitrogens is 3. The summed E-state index contributed by atoms with van der Waals surface area (Å²) >= 11 is 0. The maximum atomic E-state index is 5.45. The second-order valence-electron chi connectivity index (χ2n) is 3.67. The lowest BCUT2D eigenvalue weighted by atomic mass is 10.3. The molecule has 1 aromatic rings. The summed E-state index contributed by atoms with van der Waals surface area (Å²) in [7, 11) is 1.66.